The maximum atomic E-state index is 14.2. The van der Waals surface area contributed by atoms with Gasteiger partial charge in [-0.1, -0.05) is 30.0 Å². The Morgan fingerprint density at radius 2 is 2.11 bits per heavy atom. The fraction of sp³-hybridized carbons (Fsp3) is 0.370. The Hall–Kier alpha value is -3.17. The number of fused-ring (bicyclic) bond motifs is 1. The van der Waals surface area contributed by atoms with E-state index in [1.807, 2.05) is 38.1 Å². The van der Waals surface area contributed by atoms with Crippen LogP contribution in [0.15, 0.2) is 59.5 Å². The molecule has 1 saturated carbocycles. The van der Waals surface area contributed by atoms with E-state index in [1.54, 1.807) is 36.7 Å². The zero-order valence-electron chi connectivity index (χ0n) is 21.0. The van der Waals surface area contributed by atoms with E-state index < -0.39 is 5.60 Å². The van der Waals surface area contributed by atoms with E-state index in [2.05, 4.69) is 15.6 Å². The number of carbonyl (C=O) groups excluding carboxylic acids is 1. The Morgan fingerprint density at radius 1 is 1.33 bits per heavy atom. The summed E-state index contributed by atoms with van der Waals surface area (Å²) in [5.74, 6) is -0.169. The summed E-state index contributed by atoms with van der Waals surface area (Å²) in [5.41, 5.74) is 3.49. The molecule has 3 N–H and O–H groups in total. The zero-order valence-corrected chi connectivity index (χ0v) is 21.8. The molecule has 0 unspecified atom stereocenters. The standard InChI is InChI=1S/C27H32FN5O2S/c1-5-6-7-19(28)15-36-24-13-22(30-16-27(3,4)35)25-29-14-23(33(25)32-24)18-8-11-21(17(2)12-18)26(34)31-20-9-10-20/h5-8,11-14,20,30,35H,9-10,15-16H2,1-4H3,(H,31,34). The molecule has 3 aromatic rings. The Labute approximate surface area is 214 Å². The van der Waals surface area contributed by atoms with Crippen molar-refractivity contribution in [2.45, 2.75) is 57.2 Å². The zero-order chi connectivity index (χ0) is 25.9. The fourth-order valence-electron chi connectivity index (χ4n) is 3.62. The lowest BCUT2D eigenvalue weighted by atomic mass is 10.0. The van der Waals surface area contributed by atoms with E-state index in [0.717, 1.165) is 29.7 Å². The first kappa shape index (κ1) is 25.9. The number of rotatable bonds is 10. The monoisotopic (exact) mass is 509 g/mol. The van der Waals surface area contributed by atoms with E-state index in [-0.39, 0.29) is 17.5 Å². The lowest BCUT2D eigenvalue weighted by Gasteiger charge is -2.19. The minimum absolute atomic E-state index is 0.0531. The van der Waals surface area contributed by atoms with Gasteiger partial charge in [-0.25, -0.2) is 13.9 Å². The number of thioether (sulfide) groups is 1. The number of benzene rings is 1. The van der Waals surface area contributed by atoms with Crippen LogP contribution >= 0.6 is 11.8 Å². The number of hydrogen-bond donors (Lipinski definition) is 3. The number of carbonyl (C=O) groups is 1. The maximum Gasteiger partial charge on any atom is 0.251 e. The van der Waals surface area contributed by atoms with E-state index in [1.165, 1.54) is 17.8 Å². The lowest BCUT2D eigenvalue weighted by Crippen LogP contribution is -2.29. The van der Waals surface area contributed by atoms with Crippen molar-refractivity contribution in [3.05, 3.63) is 65.6 Å². The highest BCUT2D eigenvalue weighted by Crippen LogP contribution is 2.30. The van der Waals surface area contributed by atoms with Crippen LogP contribution in [0, 0.1) is 6.92 Å². The summed E-state index contributed by atoms with van der Waals surface area (Å²) < 4.78 is 15.9. The van der Waals surface area contributed by atoms with Gasteiger partial charge in [-0.05, 0) is 70.4 Å². The lowest BCUT2D eigenvalue weighted by molar-refractivity contribution is 0.0940. The van der Waals surface area contributed by atoms with Crippen LogP contribution in [-0.4, -0.2) is 49.6 Å². The molecular weight excluding hydrogens is 477 g/mol. The number of aliphatic hydroxyl groups is 1. The third kappa shape index (κ3) is 6.53. The number of imidazole rings is 1. The maximum absolute atomic E-state index is 14.2. The quantitative estimate of drug-likeness (QED) is 0.254. The van der Waals surface area contributed by atoms with Crippen LogP contribution in [0.4, 0.5) is 10.1 Å². The molecule has 0 radical (unpaired) electrons. The molecule has 1 aromatic carbocycles. The molecule has 2 heterocycles. The summed E-state index contributed by atoms with van der Waals surface area (Å²) in [4.78, 5) is 17.1. The number of nitrogens with one attached hydrogen (secondary N) is 2. The number of amides is 1. The van der Waals surface area contributed by atoms with Crippen molar-refractivity contribution >= 4 is 29.0 Å². The first-order chi connectivity index (χ1) is 17.1. The molecule has 1 amide bonds. The second kappa shape index (κ2) is 10.8. The van der Waals surface area contributed by atoms with Crippen LogP contribution < -0.4 is 10.6 Å². The minimum atomic E-state index is -0.932. The summed E-state index contributed by atoms with van der Waals surface area (Å²) >= 11 is 1.28. The Bertz CT molecular complexity index is 1320. The topological polar surface area (TPSA) is 91.5 Å². The number of aryl methyl sites for hydroxylation is 1. The van der Waals surface area contributed by atoms with Gasteiger partial charge < -0.3 is 15.7 Å². The molecule has 0 bridgehead atoms. The number of allylic oxidation sites excluding steroid dienone is 3. The minimum Gasteiger partial charge on any atom is -0.389 e. The fourth-order valence-corrected chi connectivity index (χ4v) is 4.34. The molecule has 36 heavy (non-hydrogen) atoms. The number of halogens is 1. The average Bonchev–Trinajstić information content (AvgIpc) is 3.54. The van der Waals surface area contributed by atoms with Gasteiger partial charge in [-0.2, -0.15) is 5.10 Å². The van der Waals surface area contributed by atoms with Gasteiger partial charge in [-0.3, -0.25) is 4.79 Å². The van der Waals surface area contributed by atoms with Crippen LogP contribution in [-0.2, 0) is 0 Å². The molecule has 2 aromatic heterocycles. The summed E-state index contributed by atoms with van der Waals surface area (Å²) in [6.45, 7) is 7.49. The molecular formula is C27H32FN5O2S. The molecule has 0 atom stereocenters. The van der Waals surface area contributed by atoms with E-state index in [0.29, 0.717) is 34.5 Å². The summed E-state index contributed by atoms with van der Waals surface area (Å²) in [6, 6.07) is 7.79. The molecule has 190 valence electrons. The molecule has 1 aliphatic rings. The SMILES string of the molecule is CC=CC=C(F)CSc1cc(NCC(C)(C)O)c2ncc(-c3ccc(C(=O)NC4CC4)c(C)c3)n2n1. The molecule has 1 aliphatic carbocycles. The second-order valence-electron chi connectivity index (χ2n) is 9.65. The van der Waals surface area contributed by atoms with Crippen molar-refractivity contribution in [3.63, 3.8) is 0 Å². The first-order valence-corrected chi connectivity index (χ1v) is 13.0. The second-order valence-corrected chi connectivity index (χ2v) is 10.6. The van der Waals surface area contributed by atoms with Crippen molar-refractivity contribution < 1.29 is 14.3 Å². The summed E-state index contributed by atoms with van der Waals surface area (Å²) in [5, 5.41) is 21.8. The number of hydrogen-bond acceptors (Lipinski definition) is 6. The van der Waals surface area contributed by atoms with Gasteiger partial charge >= 0.3 is 0 Å². The third-order valence-corrected chi connectivity index (χ3v) is 6.58. The van der Waals surface area contributed by atoms with Crippen LogP contribution in [0.3, 0.4) is 0 Å². The summed E-state index contributed by atoms with van der Waals surface area (Å²) in [6.07, 6.45) is 8.68. The van der Waals surface area contributed by atoms with Gasteiger partial charge in [0.25, 0.3) is 5.91 Å². The predicted octanol–water partition coefficient (Wildman–Crippen LogP) is 5.30. The van der Waals surface area contributed by atoms with Crippen molar-refractivity contribution in [2.24, 2.45) is 0 Å². The van der Waals surface area contributed by atoms with Crippen molar-refractivity contribution in [3.8, 4) is 11.3 Å². The van der Waals surface area contributed by atoms with Crippen LogP contribution in [0.2, 0.25) is 0 Å². The molecule has 1 fully saturated rings. The van der Waals surface area contributed by atoms with Gasteiger partial charge in [0.1, 0.15) is 10.9 Å². The van der Waals surface area contributed by atoms with Gasteiger partial charge in [0.2, 0.25) is 0 Å². The van der Waals surface area contributed by atoms with Crippen molar-refractivity contribution in [1.29, 1.82) is 0 Å². The van der Waals surface area contributed by atoms with Crippen LogP contribution in [0.25, 0.3) is 16.9 Å². The molecule has 7 nitrogen and oxygen atoms in total. The normalized spacial score (nSPS) is 14.6. The number of anilines is 1. The first-order valence-electron chi connectivity index (χ1n) is 12.0. The molecule has 4 rings (SSSR count). The largest absolute Gasteiger partial charge is 0.389 e. The molecule has 0 saturated heterocycles. The van der Waals surface area contributed by atoms with Gasteiger partial charge in [0, 0.05) is 23.7 Å². The highest BCUT2D eigenvalue weighted by molar-refractivity contribution is 7.99. The van der Waals surface area contributed by atoms with Crippen molar-refractivity contribution in [2.75, 3.05) is 17.6 Å². The Morgan fingerprint density at radius 3 is 2.78 bits per heavy atom. The van der Waals surface area contributed by atoms with E-state index in [4.69, 9.17) is 5.10 Å². The van der Waals surface area contributed by atoms with Gasteiger partial charge in [0.15, 0.2) is 5.65 Å². The van der Waals surface area contributed by atoms with E-state index >= 15 is 0 Å². The van der Waals surface area contributed by atoms with Gasteiger partial charge in [0.05, 0.1) is 28.9 Å². The third-order valence-electron chi connectivity index (χ3n) is 5.66. The Balaban J connectivity index is 1.69. The van der Waals surface area contributed by atoms with E-state index in [9.17, 15) is 14.3 Å². The molecule has 9 heteroatoms. The van der Waals surface area contributed by atoms with Crippen molar-refractivity contribution in [1.82, 2.24) is 19.9 Å². The van der Waals surface area contributed by atoms with Crippen LogP contribution in [0.1, 0.15) is 49.5 Å². The summed E-state index contributed by atoms with van der Waals surface area (Å²) in [7, 11) is 0. The number of aromatic nitrogens is 3. The highest BCUT2D eigenvalue weighted by Gasteiger charge is 2.24. The Kier molecular flexibility index (Phi) is 7.80. The van der Waals surface area contributed by atoms with Gasteiger partial charge in [-0.15, -0.1) is 0 Å². The number of nitrogens with zero attached hydrogens (tertiary/aromatic N) is 3. The molecule has 0 aliphatic heterocycles. The highest BCUT2D eigenvalue weighted by atomic mass is 32.2. The van der Waals surface area contributed by atoms with Crippen LogP contribution in [0.5, 0.6) is 0 Å². The predicted molar refractivity (Wildman–Crippen MR) is 143 cm³/mol. The average molecular weight is 510 g/mol. The molecule has 0 spiro atoms. The smallest absolute Gasteiger partial charge is 0.251 e.